The zero-order valence-electron chi connectivity index (χ0n) is 34.5. The molecule has 336 valence electrons. The lowest BCUT2D eigenvalue weighted by Crippen LogP contribution is -2.21. The number of carboxylic acids is 1. The zero-order chi connectivity index (χ0) is 47.1. The highest BCUT2D eigenvalue weighted by Crippen LogP contribution is 2.37. The summed E-state index contributed by atoms with van der Waals surface area (Å²) >= 11 is 0. The fraction of sp³-hybridized carbons (Fsp3) is 0.200. The molecular formula is C40H40N8O13S3. The average Bonchev–Trinajstić information content (AvgIpc) is 3.19. The van der Waals surface area contributed by atoms with Gasteiger partial charge in [0.05, 0.1) is 56.9 Å². The second-order valence-corrected chi connectivity index (χ2v) is 18.5. The highest BCUT2D eigenvalue weighted by molar-refractivity contribution is 7.86. The van der Waals surface area contributed by atoms with E-state index in [1.165, 1.54) is 30.3 Å². The smallest absolute Gasteiger partial charge is 0.335 e. The van der Waals surface area contributed by atoms with Gasteiger partial charge in [0.25, 0.3) is 30.4 Å². The first-order valence-electron chi connectivity index (χ1n) is 18.6. The van der Waals surface area contributed by atoms with Gasteiger partial charge >= 0.3 is 12.0 Å². The molecular weight excluding hydrogens is 897 g/mol. The number of anilines is 2. The van der Waals surface area contributed by atoms with Gasteiger partial charge in [-0.3, -0.25) is 13.7 Å². The van der Waals surface area contributed by atoms with E-state index in [2.05, 4.69) is 41.3 Å². The van der Waals surface area contributed by atoms with Crippen LogP contribution in [-0.2, 0) is 30.4 Å². The Morgan fingerprint density at radius 3 is 1.58 bits per heavy atom. The maximum absolute atomic E-state index is 13.4. The van der Waals surface area contributed by atoms with Crippen molar-refractivity contribution in [3.8, 4) is 5.75 Å². The minimum Gasteiger partial charge on any atom is -0.491 e. The molecule has 0 unspecified atom stereocenters. The molecule has 0 saturated carbocycles. The van der Waals surface area contributed by atoms with E-state index in [0.29, 0.717) is 62.3 Å². The molecule has 5 aromatic rings. The van der Waals surface area contributed by atoms with Crippen LogP contribution in [0.3, 0.4) is 0 Å². The summed E-state index contributed by atoms with van der Waals surface area (Å²) in [5.74, 6) is -1.54. The number of nitrogens with one attached hydrogen (secondary N) is 2. The van der Waals surface area contributed by atoms with Crippen molar-refractivity contribution in [2.75, 3.05) is 23.0 Å². The number of amides is 2. The van der Waals surface area contributed by atoms with Crippen LogP contribution < -0.4 is 15.4 Å². The summed E-state index contributed by atoms with van der Waals surface area (Å²) in [4.78, 5) is 22.8. The van der Waals surface area contributed by atoms with Crippen molar-refractivity contribution in [3.63, 3.8) is 0 Å². The third kappa shape index (κ3) is 13.1. The summed E-state index contributed by atoms with van der Waals surface area (Å²) in [6.45, 7) is 8.40. The second-order valence-electron chi connectivity index (χ2n) is 14.1. The Bertz CT molecular complexity index is 3080. The van der Waals surface area contributed by atoms with E-state index in [9.17, 15) is 48.5 Å². The van der Waals surface area contributed by atoms with Crippen molar-refractivity contribution >= 4 is 87.9 Å². The SMILES string of the molecule is Cc1cc(NC(=O)Nc2cc(C)c(N=Nc3cc(C)c(N=Nc4ccc(S(=O)(=O)O)cc4S(=O)(=O)O)cc3C)cc2OCCCS(=O)(=O)O)c(C)cc1N=Nc1ccc(C(=O)O)cc1. The third-order valence-corrected chi connectivity index (χ3v) is 11.6. The molecule has 21 nitrogen and oxygen atoms in total. The molecule has 0 fully saturated rings. The molecule has 2 amide bonds. The summed E-state index contributed by atoms with van der Waals surface area (Å²) in [5, 5.41) is 39.8. The monoisotopic (exact) mass is 936 g/mol. The van der Waals surface area contributed by atoms with Gasteiger partial charge in [0, 0.05) is 11.8 Å². The normalized spacial score (nSPS) is 12.3. The van der Waals surface area contributed by atoms with Gasteiger partial charge in [-0.2, -0.15) is 50.8 Å². The van der Waals surface area contributed by atoms with Gasteiger partial charge in [-0.25, -0.2) is 9.59 Å². The Hall–Kier alpha value is -6.83. The van der Waals surface area contributed by atoms with Crippen molar-refractivity contribution in [2.24, 2.45) is 30.7 Å². The average molecular weight is 937 g/mol. The molecule has 0 heterocycles. The first-order valence-corrected chi connectivity index (χ1v) is 23.1. The van der Waals surface area contributed by atoms with Crippen molar-refractivity contribution in [1.82, 2.24) is 0 Å². The molecule has 5 rings (SSSR count). The topological polar surface area (TPSA) is 325 Å². The van der Waals surface area contributed by atoms with E-state index < -0.39 is 63.6 Å². The largest absolute Gasteiger partial charge is 0.491 e. The number of nitrogens with zero attached hydrogens (tertiary/aromatic N) is 6. The fourth-order valence-corrected chi connectivity index (χ4v) is 7.40. The van der Waals surface area contributed by atoms with Crippen molar-refractivity contribution < 1.29 is 58.3 Å². The van der Waals surface area contributed by atoms with E-state index in [1.54, 1.807) is 65.0 Å². The highest BCUT2D eigenvalue weighted by Gasteiger charge is 2.21. The molecule has 0 aliphatic carbocycles. The minimum atomic E-state index is -4.98. The maximum atomic E-state index is 13.4. The van der Waals surface area contributed by atoms with Crippen molar-refractivity contribution in [3.05, 3.63) is 112 Å². The highest BCUT2D eigenvalue weighted by atomic mass is 32.2. The molecule has 0 atom stereocenters. The number of carboxylic acid groups (broad SMARTS) is 1. The van der Waals surface area contributed by atoms with Gasteiger partial charge < -0.3 is 20.5 Å². The van der Waals surface area contributed by atoms with Crippen LogP contribution >= 0.6 is 0 Å². The van der Waals surface area contributed by atoms with Gasteiger partial charge in [0.2, 0.25) is 0 Å². The molecule has 0 radical (unpaired) electrons. The van der Waals surface area contributed by atoms with Crippen LogP contribution in [0.25, 0.3) is 0 Å². The number of carbonyl (C=O) groups is 2. The number of azo groups is 3. The van der Waals surface area contributed by atoms with E-state index in [4.69, 9.17) is 9.84 Å². The molecule has 64 heavy (non-hydrogen) atoms. The Morgan fingerprint density at radius 2 is 1.05 bits per heavy atom. The summed E-state index contributed by atoms with van der Waals surface area (Å²) in [5.41, 5.74) is 5.17. The number of urea groups is 1. The number of benzene rings is 5. The lowest BCUT2D eigenvalue weighted by atomic mass is 10.1. The lowest BCUT2D eigenvalue weighted by Gasteiger charge is -2.16. The lowest BCUT2D eigenvalue weighted by molar-refractivity contribution is 0.0696. The van der Waals surface area contributed by atoms with Gasteiger partial charge in [-0.1, -0.05) is 0 Å². The fourth-order valence-electron chi connectivity index (χ4n) is 5.69. The Labute approximate surface area is 367 Å². The first kappa shape index (κ1) is 48.2. The van der Waals surface area contributed by atoms with Gasteiger partial charge in [0.1, 0.15) is 16.3 Å². The van der Waals surface area contributed by atoms with Crippen molar-refractivity contribution in [2.45, 2.75) is 50.8 Å². The number of carbonyl (C=O) groups excluding carboxylic acids is 1. The molecule has 0 aromatic heterocycles. The second kappa shape index (κ2) is 19.7. The quantitative estimate of drug-likeness (QED) is 0.0305. The molecule has 0 bridgehead atoms. The standard InChI is InChI=1S/C40H40N8O13S3/c1-22-16-32(45-43-28-9-7-27(8-10-28)39(49)50)23(2)15-31(22)41-40(51)42-36-19-26(5)35(21-37(36)61-13-6-14-62(52,53)54)48-47-34-18-24(3)33(17-25(34)4)46-44-30-12-11-29(63(55,56)57)20-38(30)64(58,59)60/h7-12,15-21H,6,13-14H2,1-5H3,(H,49,50)(H2,41,42,51)(H,52,53,54)(H,55,56,57)(H,58,59,60). The van der Waals surface area contributed by atoms with Gasteiger partial charge in [0.15, 0.2) is 0 Å². The number of aryl methyl sites for hydroxylation is 5. The van der Waals surface area contributed by atoms with Crippen LogP contribution in [0, 0.1) is 34.6 Å². The van der Waals surface area contributed by atoms with E-state index in [-0.39, 0.29) is 35.7 Å². The maximum Gasteiger partial charge on any atom is 0.335 e. The number of hydrogen-bond acceptors (Lipinski definition) is 15. The van der Waals surface area contributed by atoms with Crippen LogP contribution in [0.15, 0.2) is 119 Å². The third-order valence-electron chi connectivity index (χ3n) is 9.08. The predicted molar refractivity (Wildman–Crippen MR) is 234 cm³/mol. The number of aromatic carboxylic acids is 1. The number of rotatable bonds is 16. The van der Waals surface area contributed by atoms with Crippen LogP contribution in [0.1, 0.15) is 44.6 Å². The Morgan fingerprint density at radius 1 is 0.562 bits per heavy atom. The summed E-state index contributed by atoms with van der Waals surface area (Å²) < 4.78 is 104. The number of ether oxygens (including phenoxy) is 1. The molecule has 0 aliphatic heterocycles. The van der Waals surface area contributed by atoms with Gasteiger partial charge in [-0.15, -0.1) is 5.11 Å². The number of hydrogen-bond donors (Lipinski definition) is 6. The molecule has 5 aromatic carbocycles. The van der Waals surface area contributed by atoms with E-state index >= 15 is 0 Å². The summed E-state index contributed by atoms with van der Waals surface area (Å²) in [6.07, 6.45) is -0.0832. The minimum absolute atomic E-state index is 0.0832. The van der Waals surface area contributed by atoms with E-state index in [0.717, 1.165) is 12.1 Å². The predicted octanol–water partition coefficient (Wildman–Crippen LogP) is 9.97. The molecule has 0 spiro atoms. The molecule has 0 saturated heterocycles. The van der Waals surface area contributed by atoms with Crippen LogP contribution in [0.5, 0.6) is 5.75 Å². The Balaban J connectivity index is 1.36. The summed E-state index contributed by atoms with van der Waals surface area (Å²) in [7, 11) is -14.0. The van der Waals surface area contributed by atoms with Crippen molar-refractivity contribution in [1.29, 1.82) is 0 Å². The molecule has 24 heteroatoms. The van der Waals surface area contributed by atoms with Crippen LogP contribution in [0.4, 0.5) is 50.3 Å². The summed E-state index contributed by atoms with van der Waals surface area (Å²) in [6, 6.07) is 17.3. The Kier molecular flexibility index (Phi) is 14.8. The van der Waals surface area contributed by atoms with Crippen LogP contribution in [-0.4, -0.2) is 68.4 Å². The van der Waals surface area contributed by atoms with Crippen LogP contribution in [0.2, 0.25) is 0 Å². The van der Waals surface area contributed by atoms with E-state index in [1.807, 2.05) is 0 Å². The molecule has 0 aliphatic rings. The molecule has 6 N–H and O–H groups in total. The zero-order valence-corrected chi connectivity index (χ0v) is 36.9. The first-order chi connectivity index (χ1) is 29.9. The van der Waals surface area contributed by atoms with Gasteiger partial charge in [-0.05, 0) is 142 Å².